The van der Waals surface area contributed by atoms with E-state index < -0.39 is 29.1 Å². The van der Waals surface area contributed by atoms with E-state index in [4.69, 9.17) is 16.3 Å². The second-order valence-electron chi connectivity index (χ2n) is 11.1. The molecule has 3 aliphatic rings. The molecule has 2 unspecified atom stereocenters. The van der Waals surface area contributed by atoms with Crippen LogP contribution in [0.2, 0.25) is 5.02 Å². The van der Waals surface area contributed by atoms with Gasteiger partial charge in [-0.15, -0.1) is 13.2 Å². The number of benzene rings is 1. The maximum atomic E-state index is 14.6. The van der Waals surface area contributed by atoms with Crippen molar-refractivity contribution in [3.63, 3.8) is 0 Å². The highest BCUT2D eigenvalue weighted by molar-refractivity contribution is 6.34. The van der Waals surface area contributed by atoms with Crippen molar-refractivity contribution < 1.29 is 24.2 Å². The summed E-state index contributed by atoms with van der Waals surface area (Å²) in [6, 6.07) is 4.47. The molecule has 1 aromatic rings. The average molecular weight is 558 g/mol. The Hall–Kier alpha value is -2.68. The van der Waals surface area contributed by atoms with Gasteiger partial charge in [0.2, 0.25) is 11.8 Å². The van der Waals surface area contributed by atoms with E-state index in [0.29, 0.717) is 43.1 Å². The smallest absolute Gasteiger partial charge is 0.253 e. The highest BCUT2D eigenvalue weighted by Gasteiger charge is 2.78. The Morgan fingerprint density at radius 1 is 1.23 bits per heavy atom. The van der Waals surface area contributed by atoms with Crippen LogP contribution < -0.4 is 4.90 Å². The zero-order valence-electron chi connectivity index (χ0n) is 23.2. The van der Waals surface area contributed by atoms with Crippen molar-refractivity contribution in [2.45, 2.75) is 63.7 Å². The zero-order chi connectivity index (χ0) is 28.5. The molecule has 5 atom stereocenters. The Kier molecular flexibility index (Phi) is 8.59. The van der Waals surface area contributed by atoms with Gasteiger partial charge in [-0.2, -0.15) is 0 Å². The first-order valence-corrected chi connectivity index (χ1v) is 14.2. The lowest BCUT2D eigenvalue weighted by atomic mass is 9.66. The average Bonchev–Trinajstić information content (AvgIpc) is 3.46. The van der Waals surface area contributed by atoms with Gasteiger partial charge in [0.05, 0.1) is 28.1 Å². The first-order chi connectivity index (χ1) is 18.6. The number of amides is 3. The molecule has 0 aliphatic carbocycles. The van der Waals surface area contributed by atoms with Crippen molar-refractivity contribution >= 4 is 35.0 Å². The predicted molar refractivity (Wildman–Crippen MR) is 151 cm³/mol. The summed E-state index contributed by atoms with van der Waals surface area (Å²) in [5.74, 6) is -2.24. The van der Waals surface area contributed by atoms with E-state index in [1.807, 2.05) is 32.9 Å². The molecule has 8 nitrogen and oxygen atoms in total. The molecule has 2 bridgehead atoms. The molecule has 39 heavy (non-hydrogen) atoms. The molecule has 3 aliphatic heterocycles. The number of hydrogen-bond acceptors (Lipinski definition) is 5. The van der Waals surface area contributed by atoms with E-state index in [2.05, 4.69) is 13.2 Å². The summed E-state index contributed by atoms with van der Waals surface area (Å²) in [5, 5.41) is 10.0. The molecule has 1 N–H and O–H groups in total. The third-order valence-corrected chi connectivity index (χ3v) is 8.83. The van der Waals surface area contributed by atoms with E-state index >= 15 is 0 Å². The van der Waals surface area contributed by atoms with Crippen LogP contribution in [0, 0.1) is 18.8 Å². The minimum Gasteiger partial charge on any atom is -0.396 e. The molecule has 0 saturated carbocycles. The van der Waals surface area contributed by atoms with Crippen LogP contribution in [0.3, 0.4) is 0 Å². The summed E-state index contributed by atoms with van der Waals surface area (Å²) in [7, 11) is 0. The van der Waals surface area contributed by atoms with Crippen molar-refractivity contribution in [3.05, 3.63) is 54.1 Å². The van der Waals surface area contributed by atoms with Gasteiger partial charge in [0, 0.05) is 32.8 Å². The second kappa shape index (κ2) is 11.4. The van der Waals surface area contributed by atoms with Gasteiger partial charge in [-0.05, 0) is 51.2 Å². The van der Waals surface area contributed by atoms with Gasteiger partial charge in [-0.1, -0.05) is 42.8 Å². The van der Waals surface area contributed by atoms with Gasteiger partial charge < -0.3 is 24.5 Å². The number of hydrogen-bond donors (Lipinski definition) is 1. The number of likely N-dealkylation sites (tertiary alicyclic amines) is 1. The number of ether oxygens (including phenoxy) is 1. The summed E-state index contributed by atoms with van der Waals surface area (Å²) in [4.78, 5) is 47.6. The highest BCUT2D eigenvalue weighted by atomic mass is 35.5. The highest BCUT2D eigenvalue weighted by Crippen LogP contribution is 2.63. The molecule has 1 spiro atoms. The molecule has 3 fully saturated rings. The number of carbonyl (C=O) groups is 3. The first kappa shape index (κ1) is 29.3. The van der Waals surface area contributed by atoms with Crippen molar-refractivity contribution in [1.82, 2.24) is 9.80 Å². The molecule has 4 rings (SSSR count). The summed E-state index contributed by atoms with van der Waals surface area (Å²) in [6.45, 7) is 14.6. The topological polar surface area (TPSA) is 90.4 Å². The SMILES string of the molecule is C=CCN(CCC)C(=O)[C@@H]1[C@H]2C(=O)N(CCCO)C(C(=O)N(CC=C)c3c(C)cccc3Cl)C23CC[C@@]1(C)O3. The summed E-state index contributed by atoms with van der Waals surface area (Å²) in [6.07, 6.45) is 5.43. The van der Waals surface area contributed by atoms with Gasteiger partial charge in [-0.25, -0.2) is 0 Å². The maximum absolute atomic E-state index is 14.6. The third-order valence-electron chi connectivity index (χ3n) is 8.52. The number of carbonyl (C=O) groups excluding carboxylic acids is 3. The normalized spacial score (nSPS) is 28.9. The molecule has 1 aromatic carbocycles. The lowest BCUT2D eigenvalue weighted by Crippen LogP contribution is -2.57. The van der Waals surface area contributed by atoms with Crippen LogP contribution in [0.1, 0.15) is 45.1 Å². The van der Waals surface area contributed by atoms with Crippen LogP contribution >= 0.6 is 11.6 Å². The second-order valence-corrected chi connectivity index (χ2v) is 11.5. The standard InChI is InChI=1S/C30H40ClN3O5/c1-6-15-32(16-7-2)26(36)22-23-27(37)34(18-10-19-35)25(30(23)14-13-29(22,5)39-30)28(38)33(17-8-3)24-20(4)11-9-12-21(24)31/h6,8-9,11-12,22-23,25,35H,1,3,7,10,13-19H2,2,4-5H3/t22-,23-,25?,29+,30?/m0/s1. The quantitative estimate of drug-likeness (QED) is 0.395. The van der Waals surface area contributed by atoms with Gasteiger partial charge in [0.1, 0.15) is 11.6 Å². The third kappa shape index (κ3) is 4.70. The number of nitrogens with zero attached hydrogens (tertiary/aromatic N) is 3. The van der Waals surface area contributed by atoms with Crippen LogP contribution in [0.25, 0.3) is 0 Å². The fraction of sp³-hybridized carbons (Fsp3) is 0.567. The summed E-state index contributed by atoms with van der Waals surface area (Å²) >= 11 is 6.60. The van der Waals surface area contributed by atoms with Gasteiger partial charge in [-0.3, -0.25) is 14.4 Å². The number of para-hydroxylation sites is 1. The van der Waals surface area contributed by atoms with Crippen molar-refractivity contribution in [2.75, 3.05) is 37.7 Å². The lowest BCUT2D eigenvalue weighted by Gasteiger charge is -2.37. The molecule has 3 saturated heterocycles. The lowest BCUT2D eigenvalue weighted by molar-refractivity contribution is -0.149. The van der Waals surface area contributed by atoms with E-state index in [1.54, 1.807) is 28.0 Å². The van der Waals surface area contributed by atoms with Crippen LogP contribution in [0.4, 0.5) is 5.69 Å². The fourth-order valence-corrected chi connectivity index (χ4v) is 7.33. The molecule has 9 heteroatoms. The van der Waals surface area contributed by atoms with Crippen LogP contribution in [0.5, 0.6) is 0 Å². The Morgan fingerprint density at radius 2 is 1.95 bits per heavy atom. The van der Waals surface area contributed by atoms with Crippen molar-refractivity contribution in [1.29, 1.82) is 0 Å². The number of fused-ring (bicyclic) bond motifs is 1. The van der Waals surface area contributed by atoms with E-state index in [0.717, 1.165) is 12.0 Å². The Balaban J connectivity index is 1.82. The molecule has 0 radical (unpaired) electrons. The number of aliphatic hydroxyl groups excluding tert-OH is 1. The first-order valence-electron chi connectivity index (χ1n) is 13.8. The number of aliphatic hydroxyl groups is 1. The number of anilines is 1. The number of halogens is 1. The molecule has 3 amide bonds. The van der Waals surface area contributed by atoms with E-state index in [1.165, 1.54) is 4.90 Å². The molecular weight excluding hydrogens is 518 g/mol. The Labute approximate surface area is 236 Å². The van der Waals surface area contributed by atoms with Crippen molar-refractivity contribution in [3.8, 4) is 0 Å². The molecule has 212 valence electrons. The monoisotopic (exact) mass is 557 g/mol. The number of rotatable bonds is 12. The maximum Gasteiger partial charge on any atom is 0.253 e. The van der Waals surface area contributed by atoms with E-state index in [9.17, 15) is 19.5 Å². The van der Waals surface area contributed by atoms with Crippen LogP contribution in [0.15, 0.2) is 43.5 Å². The Morgan fingerprint density at radius 3 is 2.56 bits per heavy atom. The minimum atomic E-state index is -1.15. The summed E-state index contributed by atoms with van der Waals surface area (Å²) in [5.41, 5.74) is -0.644. The minimum absolute atomic E-state index is 0.132. The Bertz CT molecular complexity index is 1140. The fourth-order valence-electron chi connectivity index (χ4n) is 7.01. The van der Waals surface area contributed by atoms with Gasteiger partial charge >= 0.3 is 0 Å². The molecular formula is C30H40ClN3O5. The van der Waals surface area contributed by atoms with Crippen LogP contribution in [-0.2, 0) is 19.1 Å². The van der Waals surface area contributed by atoms with Crippen molar-refractivity contribution in [2.24, 2.45) is 11.8 Å². The van der Waals surface area contributed by atoms with Gasteiger partial charge in [0.25, 0.3) is 5.91 Å². The molecule has 3 heterocycles. The van der Waals surface area contributed by atoms with E-state index in [-0.39, 0.29) is 37.4 Å². The molecule has 0 aromatic heterocycles. The summed E-state index contributed by atoms with van der Waals surface area (Å²) < 4.78 is 6.75. The van der Waals surface area contributed by atoms with Crippen LogP contribution in [-0.4, -0.2) is 82.7 Å². The van der Waals surface area contributed by atoms with Gasteiger partial charge in [0.15, 0.2) is 0 Å². The predicted octanol–water partition coefficient (Wildman–Crippen LogP) is 3.74. The largest absolute Gasteiger partial charge is 0.396 e. The zero-order valence-corrected chi connectivity index (χ0v) is 24.0. The number of aryl methyl sites for hydroxylation is 1.